The van der Waals surface area contributed by atoms with Crippen molar-refractivity contribution in [3.05, 3.63) is 46.0 Å². The number of rotatable bonds is 5. The summed E-state index contributed by atoms with van der Waals surface area (Å²) in [5.41, 5.74) is 0.0113. The molecule has 4 rings (SSSR count). The summed E-state index contributed by atoms with van der Waals surface area (Å²) in [6.07, 6.45) is 6.06. The molecule has 1 aromatic carbocycles. The molecule has 0 spiro atoms. The molecule has 2 fully saturated rings. The lowest BCUT2D eigenvalue weighted by molar-refractivity contribution is -0.385. The first kappa shape index (κ1) is 16.9. The van der Waals surface area contributed by atoms with Crippen molar-refractivity contribution in [3.63, 3.8) is 0 Å². The molecule has 2 amide bonds. The highest BCUT2D eigenvalue weighted by atomic mass is 16.6. The van der Waals surface area contributed by atoms with Gasteiger partial charge in [-0.15, -0.1) is 0 Å². The van der Waals surface area contributed by atoms with Crippen molar-refractivity contribution in [2.24, 2.45) is 28.8 Å². The van der Waals surface area contributed by atoms with Crippen molar-refractivity contribution in [3.8, 4) is 11.8 Å². The third kappa shape index (κ3) is 2.66. The maximum absolute atomic E-state index is 12.6. The first-order valence-corrected chi connectivity index (χ1v) is 8.39. The van der Waals surface area contributed by atoms with Gasteiger partial charge in [0.1, 0.15) is 6.07 Å². The highest BCUT2D eigenvalue weighted by Gasteiger charge is 2.59. The minimum absolute atomic E-state index is 0.0378. The summed E-state index contributed by atoms with van der Waals surface area (Å²) >= 11 is 0. The monoisotopic (exact) mass is 366 g/mol. The number of nitriles is 1. The van der Waals surface area contributed by atoms with Gasteiger partial charge >= 0.3 is 5.69 Å². The second-order valence-corrected chi connectivity index (χ2v) is 6.66. The van der Waals surface area contributed by atoms with Crippen LogP contribution in [0.5, 0.6) is 5.75 Å². The molecule has 9 heteroatoms. The van der Waals surface area contributed by atoms with Gasteiger partial charge in [0.05, 0.1) is 23.0 Å². The molecule has 3 aliphatic rings. The predicted molar refractivity (Wildman–Crippen MR) is 91.4 cm³/mol. The number of carbonyl (C=O) groups excluding carboxylic acids is 2. The number of ether oxygens (including phenoxy) is 1. The zero-order valence-corrected chi connectivity index (χ0v) is 14.0. The van der Waals surface area contributed by atoms with Gasteiger partial charge in [0.2, 0.25) is 0 Å². The number of amides is 2. The van der Waals surface area contributed by atoms with Crippen molar-refractivity contribution < 1.29 is 19.2 Å². The second-order valence-electron chi connectivity index (χ2n) is 6.66. The van der Waals surface area contributed by atoms with Gasteiger partial charge in [0.15, 0.2) is 12.4 Å². The summed E-state index contributed by atoms with van der Waals surface area (Å²) in [6, 6.07) is 5.81. The predicted octanol–water partition coefficient (Wildman–Crippen LogP) is 1.64. The molecule has 2 aliphatic carbocycles. The molecule has 1 heterocycles. The fraction of sp³-hybridized carbons (Fsp3) is 0.333. The van der Waals surface area contributed by atoms with Crippen LogP contribution in [0.25, 0.3) is 0 Å². The van der Waals surface area contributed by atoms with Crippen molar-refractivity contribution in [2.45, 2.75) is 6.42 Å². The number of hydrogen-bond donors (Lipinski definition) is 0. The van der Waals surface area contributed by atoms with Gasteiger partial charge in [-0.05, 0) is 30.4 Å². The zero-order valence-electron chi connectivity index (χ0n) is 14.0. The minimum Gasteiger partial charge on any atom is -0.472 e. The van der Waals surface area contributed by atoms with Crippen LogP contribution in [0, 0.1) is 45.1 Å². The smallest absolute Gasteiger partial charge is 0.311 e. The molecule has 2 bridgehead atoms. The van der Waals surface area contributed by atoms with Gasteiger partial charge < -0.3 is 4.74 Å². The molecule has 1 saturated carbocycles. The Hall–Kier alpha value is -3.54. The van der Waals surface area contributed by atoms with E-state index in [1.807, 2.05) is 12.2 Å². The molecule has 27 heavy (non-hydrogen) atoms. The van der Waals surface area contributed by atoms with E-state index in [4.69, 9.17) is 10.00 Å². The number of hydrogen-bond acceptors (Lipinski definition) is 7. The number of allylic oxidation sites excluding steroid dienone is 2. The molecule has 1 saturated heterocycles. The number of nitro benzene ring substituents is 1. The fourth-order valence-electron chi connectivity index (χ4n) is 4.11. The number of benzene rings is 1. The first-order chi connectivity index (χ1) is 13.0. The molecule has 4 atom stereocenters. The van der Waals surface area contributed by atoms with Crippen LogP contribution < -0.4 is 4.74 Å². The van der Waals surface area contributed by atoms with Crippen LogP contribution in [0.1, 0.15) is 12.0 Å². The summed E-state index contributed by atoms with van der Waals surface area (Å²) < 4.78 is 5.02. The van der Waals surface area contributed by atoms with Crippen molar-refractivity contribution >= 4 is 23.7 Å². The lowest BCUT2D eigenvalue weighted by atomic mass is 9.85. The van der Waals surface area contributed by atoms with Gasteiger partial charge in [-0.25, -0.2) is 0 Å². The van der Waals surface area contributed by atoms with E-state index in [0.717, 1.165) is 11.4 Å². The summed E-state index contributed by atoms with van der Waals surface area (Å²) in [5, 5.41) is 24.6. The molecule has 0 aromatic heterocycles. The maximum Gasteiger partial charge on any atom is 0.311 e. The summed E-state index contributed by atoms with van der Waals surface area (Å²) in [4.78, 5) is 35.7. The number of hydrazone groups is 1. The Kier molecular flexibility index (Phi) is 3.96. The topological polar surface area (TPSA) is 126 Å². The van der Waals surface area contributed by atoms with Crippen LogP contribution >= 0.6 is 0 Å². The average Bonchev–Trinajstić information content (AvgIpc) is 3.33. The number of nitrogens with zero attached hydrogens (tertiary/aromatic N) is 4. The van der Waals surface area contributed by atoms with E-state index in [9.17, 15) is 19.7 Å². The van der Waals surface area contributed by atoms with Gasteiger partial charge in [0.25, 0.3) is 11.8 Å². The molecule has 1 aromatic rings. The van der Waals surface area contributed by atoms with Crippen molar-refractivity contribution in [1.29, 1.82) is 5.26 Å². The number of fused-ring (bicyclic) bond motifs is 5. The third-order valence-electron chi connectivity index (χ3n) is 5.24. The molecule has 9 nitrogen and oxygen atoms in total. The van der Waals surface area contributed by atoms with Crippen LogP contribution in [-0.4, -0.2) is 34.6 Å². The van der Waals surface area contributed by atoms with E-state index in [1.54, 1.807) is 6.07 Å². The van der Waals surface area contributed by atoms with Crippen LogP contribution in [0.2, 0.25) is 0 Å². The van der Waals surface area contributed by atoms with E-state index in [0.29, 0.717) is 5.56 Å². The van der Waals surface area contributed by atoms with E-state index >= 15 is 0 Å². The van der Waals surface area contributed by atoms with Crippen LogP contribution in [0.4, 0.5) is 5.69 Å². The Morgan fingerprint density at radius 1 is 1.30 bits per heavy atom. The summed E-state index contributed by atoms with van der Waals surface area (Å²) in [6.45, 7) is -0.315. The Labute approximate surface area is 153 Å². The van der Waals surface area contributed by atoms with Crippen LogP contribution in [0.3, 0.4) is 0 Å². The molecular formula is C18H14N4O5. The highest BCUT2D eigenvalue weighted by molar-refractivity contribution is 6.06. The first-order valence-electron chi connectivity index (χ1n) is 8.39. The van der Waals surface area contributed by atoms with Crippen LogP contribution in [0.15, 0.2) is 35.5 Å². The molecule has 0 unspecified atom stereocenters. The number of carbonyl (C=O) groups is 2. The van der Waals surface area contributed by atoms with E-state index in [-0.39, 0.29) is 53.5 Å². The Morgan fingerprint density at radius 3 is 2.56 bits per heavy atom. The average molecular weight is 366 g/mol. The normalized spacial score (nSPS) is 28.0. The van der Waals surface area contributed by atoms with Gasteiger partial charge in [-0.3, -0.25) is 19.7 Å². The molecular weight excluding hydrogens is 352 g/mol. The van der Waals surface area contributed by atoms with Crippen molar-refractivity contribution in [1.82, 2.24) is 5.01 Å². The summed E-state index contributed by atoms with van der Waals surface area (Å²) in [7, 11) is 0. The largest absolute Gasteiger partial charge is 0.472 e. The fourth-order valence-corrected chi connectivity index (χ4v) is 4.11. The minimum atomic E-state index is -0.635. The lowest BCUT2D eigenvalue weighted by Crippen LogP contribution is -2.28. The Bertz CT molecular complexity index is 918. The summed E-state index contributed by atoms with van der Waals surface area (Å²) in [5.74, 6) is -1.18. The number of imide groups is 1. The van der Waals surface area contributed by atoms with E-state index < -0.39 is 4.92 Å². The van der Waals surface area contributed by atoms with Crippen molar-refractivity contribution in [2.75, 3.05) is 6.61 Å². The third-order valence-corrected chi connectivity index (χ3v) is 5.24. The quantitative estimate of drug-likeness (QED) is 0.256. The number of nitro groups is 1. The Balaban J connectivity index is 1.56. The van der Waals surface area contributed by atoms with Crippen LogP contribution in [-0.2, 0) is 9.59 Å². The second kappa shape index (κ2) is 6.32. The van der Waals surface area contributed by atoms with Gasteiger partial charge in [0, 0.05) is 11.6 Å². The molecule has 0 radical (unpaired) electrons. The van der Waals surface area contributed by atoms with E-state index in [1.165, 1.54) is 24.4 Å². The van der Waals surface area contributed by atoms with Gasteiger partial charge in [-0.2, -0.15) is 15.4 Å². The zero-order chi connectivity index (χ0) is 19.1. The van der Waals surface area contributed by atoms with Gasteiger partial charge in [-0.1, -0.05) is 12.2 Å². The maximum atomic E-state index is 12.6. The standard InChI is InChI=1S/C18H14N4O5/c19-5-6-27-14-4-1-10(7-13(14)22(25)26)9-20-21-17(23)15-11-2-3-12(8-11)16(15)18(21)24/h1-4,7,9,11-12,15-16H,6,8H2/t11-,12-,15-,16+/m0/s1. The molecule has 1 aliphatic heterocycles. The SMILES string of the molecule is N#CCOc1ccc(C=NN2C(=O)[C@@H]3[C@H](C2=O)[C@H]2C=C[C@H]3C2)cc1[N+](=O)[O-]. The highest BCUT2D eigenvalue weighted by Crippen LogP contribution is 2.52. The molecule has 136 valence electrons. The Morgan fingerprint density at radius 2 is 1.96 bits per heavy atom. The molecule has 0 N–H and O–H groups in total. The lowest BCUT2D eigenvalue weighted by Gasteiger charge is -2.13. The van der Waals surface area contributed by atoms with E-state index in [2.05, 4.69) is 5.10 Å².